The fourth-order valence-electron chi connectivity index (χ4n) is 9.61. The summed E-state index contributed by atoms with van der Waals surface area (Å²) in [6.45, 7) is 6.48. The van der Waals surface area contributed by atoms with Gasteiger partial charge in [0, 0.05) is 19.3 Å². The summed E-state index contributed by atoms with van der Waals surface area (Å²) in [7, 11) is 0. The molecule has 0 rings (SSSR count). The Morgan fingerprint density at radius 1 is 0.280 bits per heavy atom. The smallest absolute Gasteiger partial charge is 0.306 e. The van der Waals surface area contributed by atoms with Crippen molar-refractivity contribution in [2.24, 2.45) is 0 Å². The maximum atomic E-state index is 12.8. The van der Waals surface area contributed by atoms with Gasteiger partial charge in [0.05, 0.1) is 0 Å². The third kappa shape index (κ3) is 61.8. The highest BCUT2D eigenvalue weighted by Gasteiger charge is 2.19. The van der Waals surface area contributed by atoms with Crippen molar-refractivity contribution in [1.29, 1.82) is 0 Å². The molecule has 0 bridgehead atoms. The summed E-state index contributed by atoms with van der Waals surface area (Å²) in [5.74, 6) is -0.868. The van der Waals surface area contributed by atoms with Crippen LogP contribution in [0.3, 0.4) is 0 Å². The van der Waals surface area contributed by atoms with E-state index in [-0.39, 0.29) is 31.1 Å². The van der Waals surface area contributed by atoms with E-state index in [1.165, 1.54) is 212 Å². The van der Waals surface area contributed by atoms with Crippen molar-refractivity contribution in [2.75, 3.05) is 13.2 Å². The van der Waals surface area contributed by atoms with Crippen LogP contribution >= 0.6 is 0 Å². The Hall–Kier alpha value is -2.89. The van der Waals surface area contributed by atoms with Gasteiger partial charge in [-0.1, -0.05) is 300 Å². The lowest BCUT2D eigenvalue weighted by Gasteiger charge is -2.18. The Kier molecular flexibility index (Phi) is 61.2. The molecule has 6 heteroatoms. The van der Waals surface area contributed by atoms with E-state index in [9.17, 15) is 14.4 Å². The normalized spacial score (nSPS) is 12.4. The Labute approximate surface area is 466 Å². The zero-order valence-corrected chi connectivity index (χ0v) is 50.1. The molecule has 0 aromatic carbocycles. The van der Waals surface area contributed by atoms with E-state index < -0.39 is 6.10 Å². The van der Waals surface area contributed by atoms with Gasteiger partial charge in [-0.05, 0) is 83.5 Å². The molecule has 0 aromatic heterocycles. The second kappa shape index (κ2) is 63.6. The van der Waals surface area contributed by atoms with E-state index in [0.717, 1.165) is 89.9 Å². The van der Waals surface area contributed by atoms with Crippen LogP contribution < -0.4 is 0 Å². The predicted octanol–water partition coefficient (Wildman–Crippen LogP) is 22.3. The molecule has 0 aliphatic rings. The van der Waals surface area contributed by atoms with Crippen LogP contribution in [0.4, 0.5) is 0 Å². The number of hydrogen-bond donors (Lipinski definition) is 0. The Balaban J connectivity index is 3.92. The Morgan fingerprint density at radius 3 is 0.827 bits per heavy atom. The quantitative estimate of drug-likeness (QED) is 0.0261. The highest BCUT2D eigenvalue weighted by atomic mass is 16.6. The van der Waals surface area contributed by atoms with Crippen molar-refractivity contribution < 1.29 is 28.6 Å². The molecule has 75 heavy (non-hydrogen) atoms. The molecular weight excluding hydrogens is 925 g/mol. The molecule has 436 valence electrons. The predicted molar refractivity (Wildman–Crippen MR) is 325 cm³/mol. The van der Waals surface area contributed by atoms with E-state index >= 15 is 0 Å². The van der Waals surface area contributed by atoms with E-state index in [1.807, 2.05) is 0 Å². The van der Waals surface area contributed by atoms with Gasteiger partial charge in [-0.25, -0.2) is 0 Å². The van der Waals surface area contributed by atoms with Crippen LogP contribution in [0.2, 0.25) is 0 Å². The van der Waals surface area contributed by atoms with Crippen molar-refractivity contribution in [3.63, 3.8) is 0 Å². The third-order valence-corrected chi connectivity index (χ3v) is 14.5. The van der Waals surface area contributed by atoms with Gasteiger partial charge in [0.1, 0.15) is 13.2 Å². The van der Waals surface area contributed by atoms with Crippen molar-refractivity contribution in [3.05, 3.63) is 60.8 Å². The van der Waals surface area contributed by atoms with Crippen LogP contribution in [-0.4, -0.2) is 37.2 Å². The number of hydrogen-bond acceptors (Lipinski definition) is 6. The van der Waals surface area contributed by atoms with Crippen molar-refractivity contribution in [1.82, 2.24) is 0 Å². The van der Waals surface area contributed by atoms with Crippen LogP contribution in [0.1, 0.15) is 342 Å². The second-order valence-electron chi connectivity index (χ2n) is 22.0. The summed E-state index contributed by atoms with van der Waals surface area (Å²) in [6, 6.07) is 0. The van der Waals surface area contributed by atoms with Gasteiger partial charge in [0.2, 0.25) is 0 Å². The molecule has 0 aliphatic heterocycles. The van der Waals surface area contributed by atoms with Gasteiger partial charge >= 0.3 is 17.9 Å². The summed E-state index contributed by atoms with van der Waals surface area (Å²) in [5.41, 5.74) is 0. The number of ether oxygens (including phenoxy) is 3. The maximum Gasteiger partial charge on any atom is 0.306 e. The number of unbranched alkanes of at least 4 members (excludes halogenated alkanes) is 39. The minimum atomic E-state index is -0.768. The SMILES string of the molecule is CC/C=C\C/C=C\C/C=C\C/C=C\CCCCCCCCCCCCCCCCCCCCCCC(=O)OCC(COC(=O)CCCCCCC)OC(=O)CCCCCCCCCCC/C=C\CCCCCCCC. The zero-order chi connectivity index (χ0) is 54.3. The summed E-state index contributed by atoms with van der Waals surface area (Å²) in [6.07, 6.45) is 81.5. The maximum absolute atomic E-state index is 12.8. The lowest BCUT2D eigenvalue weighted by Crippen LogP contribution is -2.30. The van der Waals surface area contributed by atoms with Gasteiger partial charge in [-0.2, -0.15) is 0 Å². The highest BCUT2D eigenvalue weighted by Crippen LogP contribution is 2.17. The van der Waals surface area contributed by atoms with E-state index in [0.29, 0.717) is 19.3 Å². The molecule has 0 amide bonds. The van der Waals surface area contributed by atoms with Crippen molar-refractivity contribution in [2.45, 2.75) is 348 Å². The molecule has 0 fully saturated rings. The first kappa shape index (κ1) is 72.1. The first-order chi connectivity index (χ1) is 37.0. The average molecular weight is 1050 g/mol. The van der Waals surface area contributed by atoms with Crippen LogP contribution in [0.15, 0.2) is 60.8 Å². The fourth-order valence-corrected chi connectivity index (χ4v) is 9.61. The molecule has 0 heterocycles. The first-order valence-corrected chi connectivity index (χ1v) is 32.8. The van der Waals surface area contributed by atoms with Crippen LogP contribution in [0, 0.1) is 0 Å². The lowest BCUT2D eigenvalue weighted by atomic mass is 10.0. The number of carbonyl (C=O) groups is 3. The van der Waals surface area contributed by atoms with Crippen LogP contribution in [0.25, 0.3) is 0 Å². The number of esters is 3. The van der Waals surface area contributed by atoms with E-state index in [2.05, 4.69) is 81.5 Å². The topological polar surface area (TPSA) is 78.9 Å². The molecule has 0 saturated carbocycles. The summed E-state index contributed by atoms with van der Waals surface area (Å²) < 4.78 is 16.8. The van der Waals surface area contributed by atoms with Gasteiger partial charge in [0.25, 0.3) is 0 Å². The summed E-state index contributed by atoms with van der Waals surface area (Å²) >= 11 is 0. The minimum absolute atomic E-state index is 0.0703. The molecule has 0 saturated heterocycles. The molecule has 0 N–H and O–H groups in total. The van der Waals surface area contributed by atoms with Gasteiger partial charge in [0.15, 0.2) is 6.10 Å². The molecule has 0 radical (unpaired) electrons. The summed E-state index contributed by atoms with van der Waals surface area (Å²) in [5, 5.41) is 0. The zero-order valence-electron chi connectivity index (χ0n) is 50.1. The second-order valence-corrected chi connectivity index (χ2v) is 22.0. The molecular formula is C69H124O6. The van der Waals surface area contributed by atoms with Gasteiger partial charge in [-0.15, -0.1) is 0 Å². The van der Waals surface area contributed by atoms with Crippen molar-refractivity contribution in [3.8, 4) is 0 Å². The molecule has 0 aromatic rings. The number of rotatable bonds is 60. The monoisotopic (exact) mass is 1050 g/mol. The van der Waals surface area contributed by atoms with Crippen molar-refractivity contribution >= 4 is 17.9 Å². The number of carbonyl (C=O) groups excluding carboxylic acids is 3. The fraction of sp³-hybridized carbons (Fsp3) is 0.812. The van der Waals surface area contributed by atoms with Gasteiger partial charge < -0.3 is 14.2 Å². The first-order valence-electron chi connectivity index (χ1n) is 32.8. The Morgan fingerprint density at radius 2 is 0.520 bits per heavy atom. The van der Waals surface area contributed by atoms with E-state index in [4.69, 9.17) is 14.2 Å². The number of allylic oxidation sites excluding steroid dienone is 10. The van der Waals surface area contributed by atoms with Gasteiger partial charge in [-0.3, -0.25) is 14.4 Å². The largest absolute Gasteiger partial charge is 0.462 e. The van der Waals surface area contributed by atoms with Crippen LogP contribution in [0.5, 0.6) is 0 Å². The molecule has 1 unspecified atom stereocenters. The molecule has 0 aliphatic carbocycles. The Bertz CT molecular complexity index is 1340. The van der Waals surface area contributed by atoms with Crippen LogP contribution in [-0.2, 0) is 28.6 Å². The average Bonchev–Trinajstić information content (AvgIpc) is 3.41. The molecule has 6 nitrogen and oxygen atoms in total. The molecule has 1 atom stereocenters. The minimum Gasteiger partial charge on any atom is -0.462 e. The highest BCUT2D eigenvalue weighted by molar-refractivity contribution is 5.71. The summed E-state index contributed by atoms with van der Waals surface area (Å²) in [4.78, 5) is 37.9. The standard InChI is InChI=1S/C69H124O6/c1-4-7-10-13-15-17-19-21-23-25-27-28-29-30-31-32-33-34-35-36-37-38-39-40-42-43-45-47-49-51-53-56-59-62-68(71)74-65-66(64-73-67(70)61-58-55-12-9-6-3)75-69(72)63-60-57-54-52-50-48-46-44-41-26-24-22-20-18-16-14-11-8-5-2/h7,10,15,17,21-24,27-28,66H,4-6,8-9,11-14,16,18-20,25-26,29-65H2,1-3H3/b10-7-,17-15-,23-21-,24-22-,28-27-. The lowest BCUT2D eigenvalue weighted by molar-refractivity contribution is -0.167. The molecule has 0 spiro atoms. The van der Waals surface area contributed by atoms with E-state index in [1.54, 1.807) is 0 Å². The third-order valence-electron chi connectivity index (χ3n) is 14.5.